The summed E-state index contributed by atoms with van der Waals surface area (Å²) in [4.78, 5) is 24.5. The summed E-state index contributed by atoms with van der Waals surface area (Å²) >= 11 is 3.52. The van der Waals surface area contributed by atoms with Gasteiger partial charge in [-0.2, -0.15) is 0 Å². The fraction of sp³-hybridized carbons (Fsp3) is 0.103. The predicted molar refractivity (Wildman–Crippen MR) is 144 cm³/mol. The third-order valence-electron chi connectivity index (χ3n) is 5.33. The molecule has 0 aromatic heterocycles. The number of aryl methyl sites for hydroxylation is 1. The molecule has 4 rings (SSSR count). The van der Waals surface area contributed by atoms with Gasteiger partial charge in [-0.05, 0) is 75.4 Å². The van der Waals surface area contributed by atoms with Crippen LogP contribution in [0.15, 0.2) is 108 Å². The second kappa shape index (κ2) is 12.0. The highest BCUT2D eigenvalue weighted by Crippen LogP contribution is 2.30. The molecule has 0 unspecified atom stereocenters. The van der Waals surface area contributed by atoms with Crippen LogP contribution >= 0.6 is 15.9 Å². The van der Waals surface area contributed by atoms with Crippen LogP contribution in [-0.4, -0.2) is 18.4 Å². The van der Waals surface area contributed by atoms with E-state index < -0.39 is 0 Å². The molecule has 5 nitrogen and oxygen atoms in total. The van der Waals surface area contributed by atoms with Gasteiger partial charge in [0.1, 0.15) is 5.75 Å². The second-order valence-corrected chi connectivity index (χ2v) is 8.81. The van der Waals surface area contributed by atoms with E-state index in [1.54, 1.807) is 24.3 Å². The van der Waals surface area contributed by atoms with Gasteiger partial charge in [0.15, 0.2) is 6.61 Å². The summed E-state index contributed by atoms with van der Waals surface area (Å²) in [6, 6.07) is 32.7. The summed E-state index contributed by atoms with van der Waals surface area (Å²) < 4.78 is 6.46. The number of nitrogens with one attached hydrogen (secondary N) is 2. The minimum Gasteiger partial charge on any atom is -0.483 e. The van der Waals surface area contributed by atoms with Crippen molar-refractivity contribution in [2.75, 3.05) is 17.2 Å². The third kappa shape index (κ3) is 7.29. The van der Waals surface area contributed by atoms with Gasteiger partial charge in [0, 0.05) is 17.8 Å². The van der Waals surface area contributed by atoms with E-state index in [2.05, 4.69) is 26.6 Å². The number of carbonyl (C=O) groups is 2. The first kappa shape index (κ1) is 24.2. The first-order chi connectivity index (χ1) is 17.1. The van der Waals surface area contributed by atoms with Crippen LogP contribution in [0.4, 0.5) is 11.4 Å². The monoisotopic (exact) mass is 528 g/mol. The third-order valence-corrected chi connectivity index (χ3v) is 5.95. The topological polar surface area (TPSA) is 67.4 Å². The van der Waals surface area contributed by atoms with Crippen LogP contribution in [0, 0.1) is 0 Å². The zero-order valence-corrected chi connectivity index (χ0v) is 20.6. The van der Waals surface area contributed by atoms with Crippen molar-refractivity contribution in [1.82, 2.24) is 0 Å². The fourth-order valence-corrected chi connectivity index (χ4v) is 4.02. The standard InChI is InChI=1S/C29H25BrN2O3/c30-26-19-23(22-9-5-2-6-10-22)12-17-27(26)35-20-29(34)32-25-15-13-24(14-16-25)31-28(33)18-11-21-7-3-1-4-8-21/h1-10,12-17,19H,11,18,20H2,(H,31,33)(H,32,34). The minimum absolute atomic E-state index is 0.0529. The van der Waals surface area contributed by atoms with Crippen molar-refractivity contribution in [3.8, 4) is 16.9 Å². The number of hydrogen-bond donors (Lipinski definition) is 2. The van der Waals surface area contributed by atoms with Crippen molar-refractivity contribution in [2.45, 2.75) is 12.8 Å². The quantitative estimate of drug-likeness (QED) is 0.254. The molecular weight excluding hydrogens is 504 g/mol. The van der Waals surface area contributed by atoms with Gasteiger partial charge in [-0.1, -0.05) is 66.7 Å². The van der Waals surface area contributed by atoms with Crippen molar-refractivity contribution in [3.05, 3.63) is 113 Å². The SMILES string of the molecule is O=C(CCc1ccccc1)Nc1ccc(NC(=O)COc2ccc(-c3ccccc3)cc2Br)cc1. The smallest absolute Gasteiger partial charge is 0.262 e. The average molecular weight is 529 g/mol. The van der Waals surface area contributed by atoms with Gasteiger partial charge in [-0.25, -0.2) is 0 Å². The molecule has 35 heavy (non-hydrogen) atoms. The lowest BCUT2D eigenvalue weighted by molar-refractivity contribution is -0.118. The summed E-state index contributed by atoms with van der Waals surface area (Å²) in [5.74, 6) is 0.264. The number of benzene rings is 4. The summed E-state index contributed by atoms with van der Waals surface area (Å²) in [7, 11) is 0. The maximum Gasteiger partial charge on any atom is 0.262 e. The molecule has 0 aliphatic heterocycles. The normalized spacial score (nSPS) is 10.4. The van der Waals surface area contributed by atoms with E-state index in [1.807, 2.05) is 78.9 Å². The van der Waals surface area contributed by atoms with E-state index in [1.165, 1.54) is 0 Å². The lowest BCUT2D eigenvalue weighted by Crippen LogP contribution is -2.20. The van der Waals surface area contributed by atoms with Gasteiger partial charge in [0.05, 0.1) is 4.47 Å². The van der Waals surface area contributed by atoms with Gasteiger partial charge in [-0.15, -0.1) is 0 Å². The Morgan fingerprint density at radius 2 is 1.29 bits per heavy atom. The molecule has 0 aliphatic carbocycles. The molecule has 0 radical (unpaired) electrons. The highest BCUT2D eigenvalue weighted by atomic mass is 79.9. The first-order valence-electron chi connectivity index (χ1n) is 11.3. The number of ether oxygens (including phenoxy) is 1. The Balaban J connectivity index is 1.24. The van der Waals surface area contributed by atoms with Crippen LogP contribution in [0.25, 0.3) is 11.1 Å². The van der Waals surface area contributed by atoms with Crippen molar-refractivity contribution >= 4 is 39.1 Å². The molecule has 2 N–H and O–H groups in total. The van der Waals surface area contributed by atoms with E-state index in [4.69, 9.17) is 4.74 Å². The Morgan fingerprint density at radius 1 is 0.686 bits per heavy atom. The van der Waals surface area contributed by atoms with Crippen LogP contribution in [0.5, 0.6) is 5.75 Å². The molecule has 6 heteroatoms. The number of hydrogen-bond acceptors (Lipinski definition) is 3. The molecule has 0 saturated heterocycles. The Bertz CT molecular complexity index is 1280. The van der Waals surface area contributed by atoms with Crippen LogP contribution in [0.1, 0.15) is 12.0 Å². The molecule has 0 bridgehead atoms. The summed E-state index contributed by atoms with van der Waals surface area (Å²) in [5.41, 5.74) is 4.59. The maximum atomic E-state index is 12.3. The number of rotatable bonds is 9. The molecule has 0 aliphatic rings. The maximum absolute atomic E-state index is 12.3. The molecule has 0 atom stereocenters. The Labute approximate surface area is 213 Å². The molecular formula is C29H25BrN2O3. The highest BCUT2D eigenvalue weighted by molar-refractivity contribution is 9.10. The van der Waals surface area contributed by atoms with E-state index in [0.29, 0.717) is 30.0 Å². The van der Waals surface area contributed by atoms with Crippen molar-refractivity contribution < 1.29 is 14.3 Å². The Morgan fingerprint density at radius 3 is 1.91 bits per heavy atom. The largest absolute Gasteiger partial charge is 0.483 e. The summed E-state index contributed by atoms with van der Waals surface area (Å²) in [5, 5.41) is 5.68. The van der Waals surface area contributed by atoms with Gasteiger partial charge in [-0.3, -0.25) is 9.59 Å². The lowest BCUT2D eigenvalue weighted by atomic mass is 10.1. The number of carbonyl (C=O) groups excluding carboxylic acids is 2. The Hall–Kier alpha value is -3.90. The van der Waals surface area contributed by atoms with Crippen LogP contribution in [-0.2, 0) is 16.0 Å². The second-order valence-electron chi connectivity index (χ2n) is 7.96. The number of halogens is 1. The Kier molecular flexibility index (Phi) is 8.30. The lowest BCUT2D eigenvalue weighted by Gasteiger charge is -2.11. The van der Waals surface area contributed by atoms with Crippen LogP contribution in [0.2, 0.25) is 0 Å². The first-order valence-corrected chi connectivity index (χ1v) is 12.1. The number of anilines is 2. The van der Waals surface area contributed by atoms with Gasteiger partial charge in [0.25, 0.3) is 5.91 Å². The van der Waals surface area contributed by atoms with Gasteiger partial charge < -0.3 is 15.4 Å². The van der Waals surface area contributed by atoms with Crippen LogP contribution < -0.4 is 15.4 Å². The van der Waals surface area contributed by atoms with E-state index >= 15 is 0 Å². The predicted octanol–water partition coefficient (Wildman–Crippen LogP) is 6.70. The van der Waals surface area contributed by atoms with E-state index in [9.17, 15) is 9.59 Å². The van der Waals surface area contributed by atoms with Crippen molar-refractivity contribution in [2.24, 2.45) is 0 Å². The zero-order valence-electron chi connectivity index (χ0n) is 19.0. The highest BCUT2D eigenvalue weighted by Gasteiger charge is 2.09. The summed E-state index contributed by atoms with van der Waals surface area (Å²) in [6.45, 7) is -0.124. The van der Waals surface area contributed by atoms with Crippen molar-refractivity contribution in [3.63, 3.8) is 0 Å². The zero-order chi connectivity index (χ0) is 24.5. The fourth-order valence-electron chi connectivity index (χ4n) is 3.53. The minimum atomic E-state index is -0.274. The molecule has 0 spiro atoms. The van der Waals surface area contributed by atoms with E-state index in [0.717, 1.165) is 21.2 Å². The van der Waals surface area contributed by atoms with Crippen molar-refractivity contribution in [1.29, 1.82) is 0 Å². The summed E-state index contributed by atoms with van der Waals surface area (Å²) in [6.07, 6.45) is 1.09. The van der Waals surface area contributed by atoms with E-state index in [-0.39, 0.29) is 18.4 Å². The molecule has 0 heterocycles. The molecule has 176 valence electrons. The molecule has 4 aromatic carbocycles. The molecule has 0 saturated carbocycles. The molecule has 2 amide bonds. The molecule has 0 fully saturated rings. The molecule has 4 aromatic rings. The van der Waals surface area contributed by atoms with Gasteiger partial charge >= 0.3 is 0 Å². The van der Waals surface area contributed by atoms with Crippen LogP contribution in [0.3, 0.4) is 0 Å². The number of amides is 2. The average Bonchev–Trinajstić information content (AvgIpc) is 2.89. The van der Waals surface area contributed by atoms with Gasteiger partial charge in [0.2, 0.25) is 5.91 Å².